The molecule has 0 fully saturated rings. The number of amides is 1. The van der Waals surface area contributed by atoms with Crippen LogP contribution in [0.4, 0.5) is 18.9 Å². The second-order valence-electron chi connectivity index (χ2n) is 6.56. The average molecular weight is 406 g/mol. The molecule has 1 N–H and O–H groups in total. The summed E-state index contributed by atoms with van der Waals surface area (Å²) in [6.07, 6.45) is -2.67. The molecule has 3 aromatic rings. The number of rotatable bonds is 7. The molecule has 154 valence electrons. The molecule has 2 aromatic carbocycles. The molecular formula is C21H21F3N2O3. The Balaban J connectivity index is 1.83. The van der Waals surface area contributed by atoms with Crippen molar-refractivity contribution in [3.05, 3.63) is 59.8 Å². The quantitative estimate of drug-likeness (QED) is 0.592. The van der Waals surface area contributed by atoms with Gasteiger partial charge in [-0.05, 0) is 29.8 Å². The SMILES string of the molecule is COCCOc1ccc(C(F)(F)F)cc1NC(=O)Cc1cn(C)c2ccccc12. The van der Waals surface area contributed by atoms with E-state index in [9.17, 15) is 18.0 Å². The fraction of sp³-hybridized carbons (Fsp3) is 0.286. The van der Waals surface area contributed by atoms with Gasteiger partial charge in [-0.15, -0.1) is 0 Å². The summed E-state index contributed by atoms with van der Waals surface area (Å²) in [5.41, 5.74) is 0.866. The number of halogens is 3. The van der Waals surface area contributed by atoms with Crippen molar-refractivity contribution in [3.63, 3.8) is 0 Å². The highest BCUT2D eigenvalue weighted by Crippen LogP contribution is 2.35. The van der Waals surface area contributed by atoms with E-state index in [2.05, 4.69) is 5.32 Å². The number of hydrogen-bond donors (Lipinski definition) is 1. The second kappa shape index (κ2) is 8.57. The number of hydrogen-bond acceptors (Lipinski definition) is 3. The van der Waals surface area contributed by atoms with Gasteiger partial charge in [-0.3, -0.25) is 4.79 Å². The number of nitrogens with zero attached hydrogens (tertiary/aromatic N) is 1. The molecule has 0 bridgehead atoms. The molecule has 0 unspecified atom stereocenters. The molecule has 0 saturated heterocycles. The van der Waals surface area contributed by atoms with Crippen molar-refractivity contribution in [1.29, 1.82) is 0 Å². The molecule has 0 atom stereocenters. The number of ether oxygens (including phenoxy) is 2. The number of aromatic nitrogens is 1. The molecule has 0 aliphatic heterocycles. The summed E-state index contributed by atoms with van der Waals surface area (Å²) in [4.78, 5) is 12.6. The van der Waals surface area contributed by atoms with E-state index >= 15 is 0 Å². The highest BCUT2D eigenvalue weighted by molar-refractivity contribution is 5.97. The molecule has 0 saturated carbocycles. The van der Waals surface area contributed by atoms with Crippen LogP contribution in [-0.4, -0.2) is 30.8 Å². The number of nitrogens with one attached hydrogen (secondary N) is 1. The minimum Gasteiger partial charge on any atom is -0.489 e. The molecule has 29 heavy (non-hydrogen) atoms. The highest BCUT2D eigenvalue weighted by Gasteiger charge is 2.31. The first-order chi connectivity index (χ1) is 13.8. The number of carbonyl (C=O) groups excluding carboxylic acids is 1. The molecule has 8 heteroatoms. The van der Waals surface area contributed by atoms with Gasteiger partial charge in [0.15, 0.2) is 0 Å². The standard InChI is InChI=1S/C21H21F3N2O3/c1-26-13-14(16-5-3-4-6-18(16)26)11-20(27)25-17-12-15(21(22,23)24)7-8-19(17)29-10-9-28-2/h3-8,12-13H,9-11H2,1-2H3,(H,25,27). The van der Waals surface area contributed by atoms with Gasteiger partial charge in [0.25, 0.3) is 0 Å². The lowest BCUT2D eigenvalue weighted by atomic mass is 10.1. The van der Waals surface area contributed by atoms with Gasteiger partial charge in [-0.1, -0.05) is 18.2 Å². The van der Waals surface area contributed by atoms with Crippen LogP contribution >= 0.6 is 0 Å². The zero-order chi connectivity index (χ0) is 21.0. The highest BCUT2D eigenvalue weighted by atomic mass is 19.4. The summed E-state index contributed by atoms with van der Waals surface area (Å²) in [5.74, 6) is -0.279. The average Bonchev–Trinajstić information content (AvgIpc) is 2.98. The van der Waals surface area contributed by atoms with E-state index < -0.39 is 17.6 Å². The van der Waals surface area contributed by atoms with Crippen LogP contribution in [0.25, 0.3) is 10.9 Å². The van der Waals surface area contributed by atoms with Gasteiger partial charge in [-0.25, -0.2) is 0 Å². The molecule has 5 nitrogen and oxygen atoms in total. The van der Waals surface area contributed by atoms with Crippen LogP contribution in [0.1, 0.15) is 11.1 Å². The fourth-order valence-corrected chi connectivity index (χ4v) is 3.10. The maximum atomic E-state index is 13.1. The maximum Gasteiger partial charge on any atom is 0.416 e. The molecule has 1 heterocycles. The van der Waals surface area contributed by atoms with Gasteiger partial charge in [0.2, 0.25) is 5.91 Å². The molecule has 1 aromatic heterocycles. The van der Waals surface area contributed by atoms with Crippen LogP contribution in [0.15, 0.2) is 48.7 Å². The van der Waals surface area contributed by atoms with E-state index in [1.54, 1.807) is 0 Å². The van der Waals surface area contributed by atoms with E-state index in [1.165, 1.54) is 13.2 Å². The summed E-state index contributed by atoms with van der Waals surface area (Å²) in [7, 11) is 3.36. The predicted molar refractivity (Wildman–Crippen MR) is 104 cm³/mol. The zero-order valence-electron chi connectivity index (χ0n) is 16.0. The smallest absolute Gasteiger partial charge is 0.416 e. The largest absolute Gasteiger partial charge is 0.489 e. The minimum atomic E-state index is -4.53. The number of fused-ring (bicyclic) bond motifs is 1. The summed E-state index contributed by atoms with van der Waals surface area (Å²) in [5, 5.41) is 3.48. The van der Waals surface area contributed by atoms with Gasteiger partial charge >= 0.3 is 6.18 Å². The first-order valence-corrected chi connectivity index (χ1v) is 8.95. The van der Waals surface area contributed by atoms with Crippen molar-refractivity contribution < 1.29 is 27.4 Å². The third-order valence-electron chi connectivity index (χ3n) is 4.46. The Morgan fingerprint density at radius 1 is 1.14 bits per heavy atom. The summed E-state index contributed by atoms with van der Waals surface area (Å²) >= 11 is 0. The molecule has 0 aliphatic carbocycles. The normalized spacial score (nSPS) is 11.6. The Morgan fingerprint density at radius 3 is 2.62 bits per heavy atom. The Labute approximate surface area is 166 Å². The number of aryl methyl sites for hydroxylation is 1. The van der Waals surface area contributed by atoms with E-state index in [-0.39, 0.29) is 31.1 Å². The van der Waals surface area contributed by atoms with E-state index in [1.807, 2.05) is 42.1 Å². The lowest BCUT2D eigenvalue weighted by Crippen LogP contribution is -2.17. The number of para-hydroxylation sites is 1. The van der Waals surface area contributed by atoms with Crippen LogP contribution in [0, 0.1) is 0 Å². The lowest BCUT2D eigenvalue weighted by Gasteiger charge is -2.15. The van der Waals surface area contributed by atoms with Crippen LogP contribution in [0.2, 0.25) is 0 Å². The molecule has 0 radical (unpaired) electrons. The van der Waals surface area contributed by atoms with Gasteiger partial charge in [0.05, 0.1) is 24.3 Å². The second-order valence-corrected chi connectivity index (χ2v) is 6.56. The van der Waals surface area contributed by atoms with Crippen LogP contribution < -0.4 is 10.1 Å². The summed E-state index contributed by atoms with van der Waals surface area (Å²) in [6, 6.07) is 10.6. The van der Waals surface area contributed by atoms with Crippen LogP contribution in [-0.2, 0) is 29.2 Å². The van der Waals surface area contributed by atoms with Gasteiger partial charge in [0, 0.05) is 31.3 Å². The van der Waals surface area contributed by atoms with Gasteiger partial charge in [0.1, 0.15) is 12.4 Å². The summed E-state index contributed by atoms with van der Waals surface area (Å²) in [6.45, 7) is 0.415. The fourth-order valence-electron chi connectivity index (χ4n) is 3.10. The molecular weight excluding hydrogens is 385 g/mol. The number of methoxy groups -OCH3 is 1. The zero-order valence-corrected chi connectivity index (χ0v) is 16.0. The van der Waals surface area contributed by atoms with Crippen molar-refractivity contribution in [2.24, 2.45) is 7.05 Å². The van der Waals surface area contributed by atoms with Crippen molar-refractivity contribution in [2.45, 2.75) is 12.6 Å². The maximum absolute atomic E-state index is 13.1. The number of carbonyl (C=O) groups is 1. The van der Waals surface area contributed by atoms with Crippen LogP contribution in [0.3, 0.4) is 0 Å². The summed E-state index contributed by atoms with van der Waals surface area (Å²) < 4.78 is 51.5. The minimum absolute atomic E-state index is 0.0229. The number of anilines is 1. The number of alkyl halides is 3. The lowest BCUT2D eigenvalue weighted by molar-refractivity contribution is -0.137. The topological polar surface area (TPSA) is 52.5 Å². The van der Waals surface area contributed by atoms with Gasteiger partial charge < -0.3 is 19.4 Å². The Kier molecular flexibility index (Phi) is 6.12. The van der Waals surface area contributed by atoms with Crippen molar-refractivity contribution in [1.82, 2.24) is 4.57 Å². The predicted octanol–water partition coefficient (Wildman–Crippen LogP) is 4.40. The monoisotopic (exact) mass is 406 g/mol. The first kappa shape index (κ1) is 20.7. The van der Waals surface area contributed by atoms with E-state index in [0.29, 0.717) is 0 Å². The molecule has 0 spiro atoms. The first-order valence-electron chi connectivity index (χ1n) is 8.95. The van der Waals surface area contributed by atoms with Crippen molar-refractivity contribution >= 4 is 22.5 Å². The molecule has 1 amide bonds. The molecule has 0 aliphatic rings. The third kappa shape index (κ3) is 4.89. The van der Waals surface area contributed by atoms with Crippen LogP contribution in [0.5, 0.6) is 5.75 Å². The van der Waals surface area contributed by atoms with E-state index in [0.717, 1.165) is 28.6 Å². The Bertz CT molecular complexity index is 1010. The third-order valence-corrected chi connectivity index (χ3v) is 4.46. The van der Waals surface area contributed by atoms with Crippen molar-refractivity contribution in [2.75, 3.05) is 25.6 Å². The molecule has 3 rings (SSSR count). The van der Waals surface area contributed by atoms with E-state index in [4.69, 9.17) is 9.47 Å². The Hall–Kier alpha value is -3.00. The number of benzene rings is 2. The Morgan fingerprint density at radius 2 is 1.90 bits per heavy atom. The van der Waals surface area contributed by atoms with Gasteiger partial charge in [-0.2, -0.15) is 13.2 Å². The van der Waals surface area contributed by atoms with Crippen molar-refractivity contribution in [3.8, 4) is 5.75 Å².